The van der Waals surface area contributed by atoms with Crippen molar-refractivity contribution < 1.29 is 4.79 Å². The minimum absolute atomic E-state index is 0.0161. The van der Waals surface area contributed by atoms with Gasteiger partial charge in [-0.1, -0.05) is 58.4 Å². The molecule has 2 N–H and O–H groups in total. The number of carbonyl (C=O) groups excluding carboxylic acids is 1. The van der Waals surface area contributed by atoms with Gasteiger partial charge in [-0.25, -0.2) is 4.99 Å². The fraction of sp³-hybridized carbons (Fsp3) is 0.364. The zero-order valence-corrected chi connectivity index (χ0v) is 18.0. The maximum Gasteiger partial charge on any atom is 0.241 e. The number of rotatable bonds is 7. The molecular formula is C22H27BrN4O. The fourth-order valence-electron chi connectivity index (χ4n) is 3.04. The number of amides is 1. The van der Waals surface area contributed by atoms with Gasteiger partial charge in [0.15, 0.2) is 5.96 Å². The van der Waals surface area contributed by atoms with Crippen molar-refractivity contribution in [3.63, 3.8) is 0 Å². The lowest BCUT2D eigenvalue weighted by molar-refractivity contribution is -0.127. The van der Waals surface area contributed by atoms with Crippen LogP contribution in [0, 0.1) is 0 Å². The van der Waals surface area contributed by atoms with E-state index in [0.717, 1.165) is 29.4 Å². The summed E-state index contributed by atoms with van der Waals surface area (Å²) in [4.78, 5) is 18.2. The van der Waals surface area contributed by atoms with Crippen LogP contribution in [0.2, 0.25) is 0 Å². The molecule has 0 heterocycles. The van der Waals surface area contributed by atoms with Crippen LogP contribution in [0.4, 0.5) is 0 Å². The Morgan fingerprint density at radius 2 is 1.86 bits per heavy atom. The summed E-state index contributed by atoms with van der Waals surface area (Å²) in [6.45, 7) is 1.58. The number of aliphatic imine (C=N–C) groups is 1. The van der Waals surface area contributed by atoms with E-state index in [9.17, 15) is 4.79 Å². The topological polar surface area (TPSA) is 56.7 Å². The molecule has 1 saturated carbocycles. The molecule has 0 unspecified atom stereocenters. The third kappa shape index (κ3) is 5.58. The second kappa shape index (κ2) is 9.24. The van der Waals surface area contributed by atoms with Gasteiger partial charge in [-0.05, 0) is 36.1 Å². The molecule has 6 heteroatoms. The van der Waals surface area contributed by atoms with Crippen LogP contribution in [0.1, 0.15) is 24.0 Å². The second-order valence-electron chi connectivity index (χ2n) is 7.44. The molecule has 0 radical (unpaired) electrons. The van der Waals surface area contributed by atoms with Gasteiger partial charge in [-0.2, -0.15) is 0 Å². The van der Waals surface area contributed by atoms with Gasteiger partial charge in [0.2, 0.25) is 5.91 Å². The van der Waals surface area contributed by atoms with E-state index in [1.165, 1.54) is 5.56 Å². The van der Waals surface area contributed by atoms with Crippen molar-refractivity contribution >= 4 is 27.8 Å². The molecule has 0 spiro atoms. The molecule has 1 fully saturated rings. The van der Waals surface area contributed by atoms with E-state index in [4.69, 9.17) is 0 Å². The maximum absolute atomic E-state index is 12.0. The van der Waals surface area contributed by atoms with Crippen LogP contribution < -0.4 is 10.6 Å². The van der Waals surface area contributed by atoms with Gasteiger partial charge in [0.1, 0.15) is 0 Å². The molecule has 2 aromatic rings. The highest BCUT2D eigenvalue weighted by molar-refractivity contribution is 9.10. The average Bonchev–Trinajstić information content (AvgIpc) is 3.49. The SMILES string of the molecule is CN(C)C(=O)CNC(=NCc1ccccc1)NCC1(c2cccc(Br)c2)CC1. The fourth-order valence-corrected chi connectivity index (χ4v) is 3.43. The van der Waals surface area contributed by atoms with Crippen LogP contribution in [0.3, 0.4) is 0 Å². The smallest absolute Gasteiger partial charge is 0.241 e. The number of nitrogens with zero attached hydrogens (tertiary/aromatic N) is 2. The first-order chi connectivity index (χ1) is 13.5. The first-order valence-corrected chi connectivity index (χ1v) is 10.3. The molecule has 28 heavy (non-hydrogen) atoms. The van der Waals surface area contributed by atoms with Crippen LogP contribution in [0.5, 0.6) is 0 Å². The molecule has 148 valence electrons. The Morgan fingerprint density at radius 3 is 2.50 bits per heavy atom. The lowest BCUT2D eigenvalue weighted by atomic mass is 9.96. The van der Waals surface area contributed by atoms with Crippen molar-refractivity contribution in [3.05, 3.63) is 70.2 Å². The van der Waals surface area contributed by atoms with Crippen LogP contribution in [-0.2, 0) is 16.8 Å². The predicted molar refractivity (Wildman–Crippen MR) is 117 cm³/mol. The Labute approximate surface area is 175 Å². The van der Waals surface area contributed by atoms with Crippen molar-refractivity contribution in [3.8, 4) is 0 Å². The monoisotopic (exact) mass is 442 g/mol. The summed E-state index contributed by atoms with van der Waals surface area (Å²) in [5.41, 5.74) is 2.61. The minimum atomic E-state index is 0.0161. The minimum Gasteiger partial charge on any atom is -0.355 e. The summed E-state index contributed by atoms with van der Waals surface area (Å²) >= 11 is 3.57. The van der Waals surface area contributed by atoms with Crippen LogP contribution in [0.15, 0.2) is 64.1 Å². The summed E-state index contributed by atoms with van der Waals surface area (Å²) in [7, 11) is 3.51. The number of benzene rings is 2. The van der Waals surface area contributed by atoms with Crippen molar-refractivity contribution in [1.29, 1.82) is 0 Å². The summed E-state index contributed by atoms with van der Waals surface area (Å²) in [5, 5.41) is 6.63. The molecule has 0 atom stereocenters. The zero-order valence-electron chi connectivity index (χ0n) is 16.4. The zero-order chi connectivity index (χ0) is 20.0. The molecule has 0 aliphatic heterocycles. The van der Waals surface area contributed by atoms with Crippen LogP contribution >= 0.6 is 15.9 Å². The maximum atomic E-state index is 12.0. The van der Waals surface area contributed by atoms with E-state index in [1.807, 2.05) is 24.3 Å². The highest BCUT2D eigenvalue weighted by atomic mass is 79.9. The second-order valence-corrected chi connectivity index (χ2v) is 8.35. The molecule has 1 aliphatic rings. The molecule has 0 saturated heterocycles. The number of hydrogen-bond acceptors (Lipinski definition) is 2. The summed E-state index contributed by atoms with van der Waals surface area (Å²) in [6.07, 6.45) is 2.30. The lowest BCUT2D eigenvalue weighted by Crippen LogP contribution is -2.45. The van der Waals surface area contributed by atoms with Crippen molar-refractivity contribution in [2.24, 2.45) is 4.99 Å². The Bertz CT molecular complexity index is 831. The molecular weight excluding hydrogens is 416 g/mol. The summed E-state index contributed by atoms with van der Waals surface area (Å²) < 4.78 is 1.10. The predicted octanol–water partition coefficient (Wildman–Crippen LogP) is 3.30. The van der Waals surface area contributed by atoms with E-state index in [2.05, 4.69) is 61.9 Å². The highest BCUT2D eigenvalue weighted by Gasteiger charge is 2.44. The van der Waals surface area contributed by atoms with E-state index >= 15 is 0 Å². The molecule has 0 bridgehead atoms. The number of carbonyl (C=O) groups is 1. The Morgan fingerprint density at radius 1 is 1.11 bits per heavy atom. The third-order valence-electron chi connectivity index (χ3n) is 5.05. The van der Waals surface area contributed by atoms with E-state index in [0.29, 0.717) is 12.5 Å². The number of likely N-dealkylation sites (N-methyl/N-ethyl adjacent to an activating group) is 1. The number of guanidine groups is 1. The number of nitrogens with one attached hydrogen (secondary N) is 2. The average molecular weight is 443 g/mol. The Hall–Kier alpha value is -2.34. The molecule has 2 aromatic carbocycles. The number of halogens is 1. The van der Waals surface area contributed by atoms with Crippen molar-refractivity contribution in [2.45, 2.75) is 24.8 Å². The molecule has 3 rings (SSSR count). The highest BCUT2D eigenvalue weighted by Crippen LogP contribution is 2.48. The molecule has 1 aliphatic carbocycles. The quantitative estimate of drug-likeness (QED) is 0.510. The van der Waals surface area contributed by atoms with Gasteiger partial charge in [0.05, 0.1) is 13.1 Å². The van der Waals surface area contributed by atoms with Gasteiger partial charge < -0.3 is 15.5 Å². The van der Waals surface area contributed by atoms with Crippen molar-refractivity contribution in [1.82, 2.24) is 15.5 Å². The van der Waals surface area contributed by atoms with Gasteiger partial charge >= 0.3 is 0 Å². The van der Waals surface area contributed by atoms with E-state index in [-0.39, 0.29) is 17.9 Å². The largest absolute Gasteiger partial charge is 0.355 e. The van der Waals surface area contributed by atoms with E-state index in [1.54, 1.807) is 19.0 Å². The summed E-state index contributed by atoms with van der Waals surface area (Å²) in [6, 6.07) is 18.6. The molecule has 0 aromatic heterocycles. The van der Waals surface area contributed by atoms with Gasteiger partial charge in [0.25, 0.3) is 0 Å². The van der Waals surface area contributed by atoms with Crippen LogP contribution in [0.25, 0.3) is 0 Å². The number of hydrogen-bond donors (Lipinski definition) is 2. The third-order valence-corrected chi connectivity index (χ3v) is 5.55. The first-order valence-electron chi connectivity index (χ1n) is 9.51. The van der Waals surface area contributed by atoms with E-state index < -0.39 is 0 Å². The lowest BCUT2D eigenvalue weighted by Gasteiger charge is -2.20. The summed E-state index contributed by atoms with van der Waals surface area (Å²) in [5.74, 6) is 0.683. The van der Waals surface area contributed by atoms with Gasteiger partial charge in [-0.15, -0.1) is 0 Å². The standard InChI is InChI=1S/C22H27BrN4O/c1-27(2)20(28)15-25-21(24-14-17-7-4-3-5-8-17)26-16-22(11-12-22)18-9-6-10-19(23)13-18/h3-10,13H,11-12,14-16H2,1-2H3,(H2,24,25,26). The molecule has 5 nitrogen and oxygen atoms in total. The van der Waals surface area contributed by atoms with Crippen molar-refractivity contribution in [2.75, 3.05) is 27.2 Å². The van der Waals surface area contributed by atoms with Gasteiger partial charge in [0, 0.05) is 30.5 Å². The Balaban J connectivity index is 1.67. The first kappa shape index (κ1) is 20.4. The van der Waals surface area contributed by atoms with Crippen LogP contribution in [-0.4, -0.2) is 44.0 Å². The normalized spacial score (nSPS) is 15.0. The van der Waals surface area contributed by atoms with Gasteiger partial charge in [-0.3, -0.25) is 4.79 Å². The Kier molecular flexibility index (Phi) is 6.73. The molecule has 1 amide bonds.